The summed E-state index contributed by atoms with van der Waals surface area (Å²) in [4.78, 5) is 17.4. The lowest BCUT2D eigenvalue weighted by atomic mass is 10.1. The van der Waals surface area contributed by atoms with Crippen molar-refractivity contribution in [3.63, 3.8) is 0 Å². The fourth-order valence-electron chi connectivity index (χ4n) is 2.78. The van der Waals surface area contributed by atoms with Gasteiger partial charge < -0.3 is 10.1 Å². The third kappa shape index (κ3) is 5.40. The second-order valence-corrected chi connectivity index (χ2v) is 8.75. The maximum Gasteiger partial charge on any atom is 0.264 e. The topological polar surface area (TPSA) is 50.7 Å². The van der Waals surface area contributed by atoms with Gasteiger partial charge in [0.1, 0.15) is 12.4 Å². The molecule has 6 heteroatoms. The maximum atomic E-state index is 12.3. The van der Waals surface area contributed by atoms with Crippen molar-refractivity contribution in [2.45, 2.75) is 13.5 Å². The summed E-state index contributed by atoms with van der Waals surface area (Å²) in [6.07, 6.45) is 1.86. The standard InChI is InChI=1S/C24H19BrN2O2S/c1-16-2-4-18(5-3-16)15-29-21-12-6-17(7-13-21)14-22-23(28)27-24(30-22)26-20-10-8-19(25)9-11-20/h2-14H,15H2,1H3,(H,26,27,28). The summed E-state index contributed by atoms with van der Waals surface area (Å²) in [6, 6.07) is 23.6. The molecule has 1 heterocycles. The quantitative estimate of drug-likeness (QED) is 0.442. The van der Waals surface area contributed by atoms with Crippen LogP contribution in [0.15, 0.2) is 87.2 Å². The van der Waals surface area contributed by atoms with E-state index >= 15 is 0 Å². The van der Waals surface area contributed by atoms with Gasteiger partial charge in [0.15, 0.2) is 5.17 Å². The summed E-state index contributed by atoms with van der Waals surface area (Å²) in [6.45, 7) is 2.59. The number of ether oxygens (including phenoxy) is 1. The third-order valence-corrected chi connectivity index (χ3v) is 5.85. The van der Waals surface area contributed by atoms with Crippen molar-refractivity contribution in [1.29, 1.82) is 0 Å². The molecule has 150 valence electrons. The van der Waals surface area contributed by atoms with Crippen LogP contribution in [0.4, 0.5) is 5.69 Å². The first-order valence-electron chi connectivity index (χ1n) is 9.39. The van der Waals surface area contributed by atoms with Gasteiger partial charge in [-0.3, -0.25) is 4.79 Å². The van der Waals surface area contributed by atoms with Crippen LogP contribution in [-0.4, -0.2) is 11.1 Å². The van der Waals surface area contributed by atoms with Gasteiger partial charge in [0.2, 0.25) is 0 Å². The van der Waals surface area contributed by atoms with E-state index in [0.29, 0.717) is 16.7 Å². The highest BCUT2D eigenvalue weighted by Gasteiger charge is 2.23. The van der Waals surface area contributed by atoms with E-state index in [1.807, 2.05) is 54.6 Å². The van der Waals surface area contributed by atoms with E-state index in [2.05, 4.69) is 57.4 Å². The van der Waals surface area contributed by atoms with Gasteiger partial charge >= 0.3 is 0 Å². The molecule has 0 bridgehead atoms. The van der Waals surface area contributed by atoms with E-state index in [9.17, 15) is 4.79 Å². The Morgan fingerprint density at radius 3 is 2.40 bits per heavy atom. The molecule has 4 rings (SSSR count). The zero-order valence-corrected chi connectivity index (χ0v) is 18.7. The number of amidine groups is 1. The van der Waals surface area contributed by atoms with Crippen molar-refractivity contribution in [3.05, 3.63) is 98.9 Å². The normalized spacial score (nSPS) is 16.1. The van der Waals surface area contributed by atoms with Crippen LogP contribution in [-0.2, 0) is 11.4 Å². The van der Waals surface area contributed by atoms with Gasteiger partial charge in [-0.25, -0.2) is 4.99 Å². The van der Waals surface area contributed by atoms with Crippen LogP contribution < -0.4 is 10.1 Å². The van der Waals surface area contributed by atoms with Crippen molar-refractivity contribution in [2.75, 3.05) is 0 Å². The second-order valence-electron chi connectivity index (χ2n) is 6.80. The van der Waals surface area contributed by atoms with E-state index < -0.39 is 0 Å². The summed E-state index contributed by atoms with van der Waals surface area (Å²) in [5.74, 6) is 0.648. The molecule has 3 aromatic rings. The molecule has 1 amide bonds. The minimum absolute atomic E-state index is 0.143. The van der Waals surface area contributed by atoms with Gasteiger partial charge in [0.05, 0.1) is 10.6 Å². The summed E-state index contributed by atoms with van der Waals surface area (Å²) in [5.41, 5.74) is 4.08. The maximum absolute atomic E-state index is 12.3. The predicted molar refractivity (Wildman–Crippen MR) is 127 cm³/mol. The number of amides is 1. The first-order chi connectivity index (χ1) is 14.5. The first kappa shape index (κ1) is 20.4. The van der Waals surface area contributed by atoms with Crippen LogP contribution in [0.25, 0.3) is 6.08 Å². The monoisotopic (exact) mass is 478 g/mol. The number of nitrogens with zero attached hydrogens (tertiary/aromatic N) is 1. The molecule has 1 fully saturated rings. The number of benzene rings is 3. The third-order valence-electron chi connectivity index (χ3n) is 4.41. The Hall–Kier alpha value is -2.83. The Balaban J connectivity index is 1.39. The zero-order chi connectivity index (χ0) is 20.9. The number of aryl methyl sites for hydroxylation is 1. The number of nitrogens with one attached hydrogen (secondary N) is 1. The first-order valence-corrected chi connectivity index (χ1v) is 11.0. The number of hydrogen-bond acceptors (Lipinski definition) is 4. The number of hydrogen-bond donors (Lipinski definition) is 1. The molecule has 3 aromatic carbocycles. The van der Waals surface area contributed by atoms with E-state index in [4.69, 9.17) is 4.74 Å². The summed E-state index contributed by atoms with van der Waals surface area (Å²) in [7, 11) is 0. The Morgan fingerprint density at radius 2 is 1.70 bits per heavy atom. The summed E-state index contributed by atoms with van der Waals surface area (Å²) in [5, 5.41) is 3.39. The van der Waals surface area contributed by atoms with Crippen LogP contribution in [0.1, 0.15) is 16.7 Å². The molecule has 0 atom stereocenters. The van der Waals surface area contributed by atoms with Crippen molar-refractivity contribution in [2.24, 2.45) is 4.99 Å². The lowest BCUT2D eigenvalue weighted by Gasteiger charge is -2.07. The number of halogens is 1. The van der Waals surface area contributed by atoms with Gasteiger partial charge in [0, 0.05) is 4.47 Å². The molecule has 1 saturated heterocycles. The molecule has 0 unspecified atom stereocenters. The lowest BCUT2D eigenvalue weighted by molar-refractivity contribution is -0.115. The van der Waals surface area contributed by atoms with Crippen LogP contribution in [0.3, 0.4) is 0 Å². The number of thioether (sulfide) groups is 1. The van der Waals surface area contributed by atoms with Gasteiger partial charge in [-0.2, -0.15) is 0 Å². The molecule has 0 spiro atoms. The van der Waals surface area contributed by atoms with Gasteiger partial charge in [0.25, 0.3) is 5.91 Å². The number of aliphatic imine (C=N–C) groups is 1. The van der Waals surface area contributed by atoms with E-state index in [1.54, 1.807) is 0 Å². The lowest BCUT2D eigenvalue weighted by Crippen LogP contribution is -2.19. The smallest absolute Gasteiger partial charge is 0.264 e. The SMILES string of the molecule is Cc1ccc(COc2ccc(C=C3SC(=Nc4ccc(Br)cc4)NC3=O)cc2)cc1. The predicted octanol–water partition coefficient (Wildman–Crippen LogP) is 6.23. The van der Waals surface area contributed by atoms with Crippen LogP contribution >= 0.6 is 27.7 Å². The average molecular weight is 479 g/mol. The summed E-state index contributed by atoms with van der Waals surface area (Å²) < 4.78 is 6.83. The largest absolute Gasteiger partial charge is 0.489 e. The van der Waals surface area contributed by atoms with E-state index in [1.165, 1.54) is 17.3 Å². The molecule has 0 saturated carbocycles. The zero-order valence-electron chi connectivity index (χ0n) is 16.3. The Kier molecular flexibility index (Phi) is 6.35. The fraction of sp³-hybridized carbons (Fsp3) is 0.0833. The highest BCUT2D eigenvalue weighted by Crippen LogP contribution is 2.29. The second kappa shape index (κ2) is 9.32. The van der Waals surface area contributed by atoms with E-state index in [0.717, 1.165) is 27.0 Å². The molecular formula is C24H19BrN2O2S. The van der Waals surface area contributed by atoms with Crippen LogP contribution in [0.5, 0.6) is 5.75 Å². The van der Waals surface area contributed by atoms with Crippen molar-refractivity contribution >= 4 is 50.5 Å². The molecule has 0 aliphatic carbocycles. The average Bonchev–Trinajstić information content (AvgIpc) is 3.09. The number of carbonyl (C=O) groups excluding carboxylic acids is 1. The van der Waals surface area contributed by atoms with Gasteiger partial charge in [-0.05, 0) is 72.3 Å². The van der Waals surface area contributed by atoms with E-state index in [-0.39, 0.29) is 5.91 Å². The van der Waals surface area contributed by atoms with Crippen molar-refractivity contribution < 1.29 is 9.53 Å². The van der Waals surface area contributed by atoms with Gasteiger partial charge in [-0.1, -0.05) is 57.9 Å². The molecular weight excluding hydrogens is 460 g/mol. The number of rotatable bonds is 5. The van der Waals surface area contributed by atoms with Crippen molar-refractivity contribution in [1.82, 2.24) is 5.32 Å². The Morgan fingerprint density at radius 1 is 1.00 bits per heavy atom. The molecule has 1 aliphatic heterocycles. The summed E-state index contributed by atoms with van der Waals surface area (Å²) >= 11 is 4.73. The molecule has 30 heavy (non-hydrogen) atoms. The molecule has 4 nitrogen and oxygen atoms in total. The number of carbonyl (C=O) groups is 1. The minimum Gasteiger partial charge on any atom is -0.489 e. The Bertz CT molecular complexity index is 1110. The molecule has 1 aliphatic rings. The van der Waals surface area contributed by atoms with Gasteiger partial charge in [-0.15, -0.1) is 0 Å². The van der Waals surface area contributed by atoms with Crippen molar-refractivity contribution in [3.8, 4) is 5.75 Å². The Labute approximate surface area is 188 Å². The molecule has 0 radical (unpaired) electrons. The van der Waals surface area contributed by atoms with Crippen LogP contribution in [0.2, 0.25) is 0 Å². The molecule has 1 N–H and O–H groups in total. The molecule has 0 aromatic heterocycles. The highest BCUT2D eigenvalue weighted by atomic mass is 79.9. The fourth-order valence-corrected chi connectivity index (χ4v) is 3.88. The highest BCUT2D eigenvalue weighted by molar-refractivity contribution is 9.10. The van der Waals surface area contributed by atoms with Crippen LogP contribution in [0, 0.1) is 6.92 Å². The minimum atomic E-state index is -0.143.